The van der Waals surface area contributed by atoms with Gasteiger partial charge in [0, 0.05) is 40.3 Å². The number of alkyl halides is 3. The van der Waals surface area contributed by atoms with Gasteiger partial charge >= 0.3 is 6.18 Å². The van der Waals surface area contributed by atoms with Gasteiger partial charge in [0.2, 0.25) is 0 Å². The molecule has 2 aromatic carbocycles. The van der Waals surface area contributed by atoms with Gasteiger partial charge in [0.25, 0.3) is 11.5 Å². The minimum Gasteiger partial charge on any atom is -0.372 e. The van der Waals surface area contributed by atoms with Crippen LogP contribution in [-0.2, 0) is 23.5 Å². The van der Waals surface area contributed by atoms with E-state index in [2.05, 4.69) is 10.5 Å². The molecule has 1 fully saturated rings. The van der Waals surface area contributed by atoms with E-state index in [-0.39, 0.29) is 33.4 Å². The lowest BCUT2D eigenvalue weighted by Crippen LogP contribution is -2.43. The second-order valence-corrected chi connectivity index (χ2v) is 10.7. The van der Waals surface area contributed by atoms with Crippen molar-refractivity contribution in [3.63, 3.8) is 0 Å². The molecule has 1 atom stereocenters. The van der Waals surface area contributed by atoms with Crippen LogP contribution in [0.25, 0.3) is 0 Å². The van der Waals surface area contributed by atoms with Crippen LogP contribution in [0, 0.1) is 6.92 Å². The molecule has 36 heavy (non-hydrogen) atoms. The number of benzene rings is 2. The molecule has 1 saturated carbocycles. The number of amides is 1. The lowest BCUT2D eigenvalue weighted by Gasteiger charge is -2.30. The van der Waals surface area contributed by atoms with Gasteiger partial charge in [0.15, 0.2) is 0 Å². The number of nitrogens with zero attached hydrogens (tertiary/aromatic N) is 2. The summed E-state index contributed by atoms with van der Waals surface area (Å²) >= 11 is 12.0. The van der Waals surface area contributed by atoms with Gasteiger partial charge in [-0.15, -0.1) is 0 Å². The maximum Gasteiger partial charge on any atom is 0.435 e. The molecule has 192 valence electrons. The van der Waals surface area contributed by atoms with Crippen molar-refractivity contribution in [3.8, 4) is 0 Å². The van der Waals surface area contributed by atoms with Crippen molar-refractivity contribution in [1.82, 2.24) is 10.2 Å². The predicted molar refractivity (Wildman–Crippen MR) is 132 cm³/mol. The highest BCUT2D eigenvalue weighted by Crippen LogP contribution is 2.50. The van der Waals surface area contributed by atoms with Crippen molar-refractivity contribution >= 4 is 34.9 Å². The molecule has 1 unspecified atom stereocenters. The van der Waals surface area contributed by atoms with Gasteiger partial charge in [-0.3, -0.25) is 4.79 Å². The Hall–Kier alpha value is -2.45. The van der Waals surface area contributed by atoms with Gasteiger partial charge in [0.1, 0.15) is 5.84 Å². The molecule has 0 radical (unpaired) electrons. The number of fused-ring (bicyclic) bond motifs is 1. The summed E-state index contributed by atoms with van der Waals surface area (Å²) < 4.78 is 43.0. The van der Waals surface area contributed by atoms with Crippen molar-refractivity contribution < 1.29 is 22.8 Å². The van der Waals surface area contributed by atoms with Crippen LogP contribution in [0.1, 0.15) is 71.1 Å². The van der Waals surface area contributed by atoms with Crippen LogP contribution in [0.2, 0.25) is 10.0 Å². The van der Waals surface area contributed by atoms with E-state index in [1.54, 1.807) is 4.90 Å². The molecule has 3 aliphatic rings. The fraction of sp³-hybridized carbons (Fsp3) is 0.462. The zero-order valence-corrected chi connectivity index (χ0v) is 21.2. The summed E-state index contributed by atoms with van der Waals surface area (Å²) in [6, 6.07) is 7.77. The van der Waals surface area contributed by atoms with Gasteiger partial charge in [-0.25, -0.2) is 0 Å². The number of amidine groups is 1. The first-order valence-electron chi connectivity index (χ1n) is 12.0. The summed E-state index contributed by atoms with van der Waals surface area (Å²) in [7, 11) is 0. The van der Waals surface area contributed by atoms with E-state index in [0.29, 0.717) is 18.7 Å². The molecule has 0 aromatic heterocycles. The fourth-order valence-corrected chi connectivity index (χ4v) is 5.88. The Balaban J connectivity index is 1.35. The largest absolute Gasteiger partial charge is 0.435 e. The van der Waals surface area contributed by atoms with Crippen LogP contribution < -0.4 is 5.32 Å². The maximum absolute atomic E-state index is 14.3. The van der Waals surface area contributed by atoms with Gasteiger partial charge in [0.05, 0.1) is 6.42 Å². The molecule has 2 aromatic rings. The third-order valence-electron chi connectivity index (χ3n) is 7.32. The van der Waals surface area contributed by atoms with Crippen molar-refractivity contribution in [2.45, 2.75) is 76.4 Å². The van der Waals surface area contributed by atoms with E-state index in [1.165, 1.54) is 24.6 Å². The Labute approximate surface area is 217 Å². The summed E-state index contributed by atoms with van der Waals surface area (Å²) in [5, 5.41) is 7.19. The summed E-state index contributed by atoms with van der Waals surface area (Å²) in [6.45, 7) is 2.60. The summed E-state index contributed by atoms with van der Waals surface area (Å²) in [6.07, 6.45) is 0.162. The van der Waals surface area contributed by atoms with Crippen LogP contribution in [0.5, 0.6) is 0 Å². The number of aryl methyl sites for hydroxylation is 1. The number of hydrogen-bond acceptors (Lipinski definition) is 4. The molecule has 2 heterocycles. The molecule has 2 aliphatic heterocycles. The van der Waals surface area contributed by atoms with E-state index >= 15 is 0 Å². The Morgan fingerprint density at radius 3 is 2.33 bits per heavy atom. The van der Waals surface area contributed by atoms with Crippen LogP contribution in [0.3, 0.4) is 0 Å². The van der Waals surface area contributed by atoms with Gasteiger partial charge < -0.3 is 15.1 Å². The summed E-state index contributed by atoms with van der Waals surface area (Å²) in [5.74, 6) is 0.0848. The third-order valence-corrected chi connectivity index (χ3v) is 7.76. The highest BCUT2D eigenvalue weighted by Gasteiger charge is 2.63. The molecule has 1 aliphatic carbocycles. The lowest BCUT2D eigenvalue weighted by atomic mass is 9.89. The average molecular weight is 540 g/mol. The third kappa shape index (κ3) is 4.65. The van der Waals surface area contributed by atoms with E-state index in [1.807, 2.05) is 19.1 Å². The number of halogens is 5. The Morgan fingerprint density at radius 1 is 1.06 bits per heavy atom. The monoisotopic (exact) mass is 539 g/mol. The zero-order valence-electron chi connectivity index (χ0n) is 19.7. The topological polar surface area (TPSA) is 53.9 Å². The van der Waals surface area contributed by atoms with E-state index < -0.39 is 18.2 Å². The van der Waals surface area contributed by atoms with Crippen molar-refractivity contribution in [3.05, 3.63) is 68.2 Å². The minimum absolute atomic E-state index is 0.0845. The minimum atomic E-state index is -4.75. The number of rotatable bonds is 3. The van der Waals surface area contributed by atoms with Crippen LogP contribution in [0.15, 0.2) is 35.5 Å². The normalized spacial score (nSPS) is 22.3. The number of oxime groups is 1. The van der Waals surface area contributed by atoms with Gasteiger partial charge in [-0.1, -0.05) is 53.7 Å². The average Bonchev–Trinajstić information content (AvgIpc) is 3.43. The molecule has 5 nitrogen and oxygen atoms in total. The van der Waals surface area contributed by atoms with E-state index in [4.69, 9.17) is 28.0 Å². The Morgan fingerprint density at radius 2 is 1.69 bits per heavy atom. The summed E-state index contributed by atoms with van der Waals surface area (Å²) in [5.41, 5.74) is 0.426. The first-order valence-corrected chi connectivity index (χ1v) is 12.8. The molecule has 5 rings (SSSR count). The number of carbonyl (C=O) groups is 1. The molecule has 1 amide bonds. The Kier molecular flexibility index (Phi) is 6.62. The van der Waals surface area contributed by atoms with Crippen LogP contribution >= 0.6 is 23.2 Å². The van der Waals surface area contributed by atoms with E-state index in [0.717, 1.165) is 42.4 Å². The van der Waals surface area contributed by atoms with E-state index in [9.17, 15) is 18.0 Å². The molecule has 0 saturated heterocycles. The molecular formula is C26H26Cl2F3N3O2. The highest BCUT2D eigenvalue weighted by molar-refractivity contribution is 6.34. The number of hydrogen-bond donors (Lipinski definition) is 1. The smallest absolute Gasteiger partial charge is 0.372 e. The SMILES string of the molecule is Cc1cc2c(cc1C(=O)NC1CCCCC1)CN(C1=NOC(c3cc(Cl)cc(Cl)c3)(C(F)(F)F)C1)C2. The zero-order chi connectivity index (χ0) is 25.7. The first-order chi connectivity index (χ1) is 17.1. The summed E-state index contributed by atoms with van der Waals surface area (Å²) in [4.78, 5) is 19.9. The quantitative estimate of drug-likeness (QED) is 0.462. The molecule has 10 heteroatoms. The first kappa shape index (κ1) is 25.2. The van der Waals surface area contributed by atoms with Crippen molar-refractivity contribution in [2.75, 3.05) is 0 Å². The number of carbonyl (C=O) groups excluding carboxylic acids is 1. The standard InChI is InChI=1S/C26H26Cl2F3N3O2/c1-15-7-16-13-34(14-17(16)8-22(15)24(35)32-21-5-3-2-4-6-21)23-12-25(36-33-23,26(29,30)31)18-9-19(27)11-20(28)10-18/h7-11,21H,2-6,12-14H2,1H3,(H,32,35). The molecular weight excluding hydrogens is 514 g/mol. The molecule has 0 spiro atoms. The fourth-order valence-electron chi connectivity index (χ4n) is 5.36. The van der Waals surface area contributed by atoms with Crippen LogP contribution in [-0.4, -0.2) is 28.9 Å². The molecule has 0 bridgehead atoms. The second kappa shape index (κ2) is 9.45. The highest BCUT2D eigenvalue weighted by atomic mass is 35.5. The molecule has 1 N–H and O–H groups in total. The maximum atomic E-state index is 14.3. The second-order valence-electron chi connectivity index (χ2n) is 9.86. The van der Waals surface area contributed by atoms with Crippen molar-refractivity contribution in [1.29, 1.82) is 0 Å². The number of nitrogens with one attached hydrogen (secondary N) is 1. The van der Waals surface area contributed by atoms with Crippen LogP contribution in [0.4, 0.5) is 13.2 Å². The van der Waals surface area contributed by atoms with Gasteiger partial charge in [-0.2, -0.15) is 13.2 Å². The predicted octanol–water partition coefficient (Wildman–Crippen LogP) is 6.87. The van der Waals surface area contributed by atoms with Crippen molar-refractivity contribution in [2.24, 2.45) is 5.16 Å². The Bertz CT molecular complexity index is 1210. The van der Waals surface area contributed by atoms with Gasteiger partial charge in [-0.05, 0) is 60.7 Å². The lowest BCUT2D eigenvalue weighted by molar-refractivity contribution is -0.275.